The van der Waals surface area contributed by atoms with Gasteiger partial charge in [0.15, 0.2) is 8.32 Å². The Kier molecular flexibility index (Phi) is 11.8. The van der Waals surface area contributed by atoms with Crippen LogP contribution in [-0.2, 0) is 14.0 Å². The number of carbonyl (C=O) groups excluding carboxylic acids is 2. The van der Waals surface area contributed by atoms with E-state index in [0.29, 0.717) is 6.16 Å². The van der Waals surface area contributed by atoms with Crippen molar-refractivity contribution < 1.29 is 18.8 Å². The van der Waals surface area contributed by atoms with E-state index in [1.807, 2.05) is 53.7 Å². The van der Waals surface area contributed by atoms with Gasteiger partial charge < -0.3 is 19.8 Å². The van der Waals surface area contributed by atoms with Gasteiger partial charge in [0.25, 0.3) is 0 Å². The molecule has 2 amide bonds. The predicted molar refractivity (Wildman–Crippen MR) is 176 cm³/mol. The Bertz CT molecular complexity index is 1080. The summed E-state index contributed by atoms with van der Waals surface area (Å²) in [5, 5.41) is 8.69. The van der Waals surface area contributed by atoms with E-state index in [1.165, 1.54) is 10.6 Å². The molecule has 8 heteroatoms. The number of nitrogens with one attached hydrogen (secondary N) is 2. The van der Waals surface area contributed by atoms with Crippen molar-refractivity contribution in [2.75, 3.05) is 6.16 Å². The number of benzene rings is 2. The largest absolute Gasteiger partial charge is 0.444 e. The van der Waals surface area contributed by atoms with E-state index in [-0.39, 0.29) is 23.1 Å². The maximum atomic E-state index is 14.0. The quantitative estimate of drug-likeness (QED) is 0.229. The first-order valence-corrected chi connectivity index (χ1v) is 19.0. The van der Waals surface area contributed by atoms with Gasteiger partial charge in [-0.2, -0.15) is 0 Å². The molecular weight excluding hydrogens is 547 g/mol. The molecule has 0 unspecified atom stereocenters. The fraction of sp³-hybridized carbons (Fsp3) is 0.576. The molecule has 0 aliphatic carbocycles. The molecule has 2 N–H and O–H groups in total. The number of alkyl carbamates (subject to hydrolysis) is 1. The molecule has 0 saturated carbocycles. The lowest BCUT2D eigenvalue weighted by atomic mass is 9.86. The molecule has 0 heterocycles. The van der Waals surface area contributed by atoms with Crippen LogP contribution in [0.15, 0.2) is 60.7 Å². The number of amides is 2. The monoisotopic (exact) mass is 600 g/mol. The number of ether oxygens (including phenoxy) is 1. The lowest BCUT2D eigenvalue weighted by Crippen LogP contribution is -2.59. The zero-order valence-electron chi connectivity index (χ0n) is 27.3. The fourth-order valence-corrected chi connectivity index (χ4v) is 8.19. The van der Waals surface area contributed by atoms with Crippen LogP contribution in [0.1, 0.15) is 69.2 Å². The zero-order chi connectivity index (χ0) is 31.2. The van der Waals surface area contributed by atoms with E-state index in [0.717, 1.165) is 0 Å². The van der Waals surface area contributed by atoms with Crippen LogP contribution < -0.4 is 21.2 Å². The molecule has 0 aromatic heterocycles. The highest BCUT2D eigenvalue weighted by molar-refractivity contribution is 7.73. The van der Waals surface area contributed by atoms with Crippen molar-refractivity contribution in [1.82, 2.24) is 10.6 Å². The van der Waals surface area contributed by atoms with Gasteiger partial charge in [-0.3, -0.25) is 4.79 Å². The lowest BCUT2D eigenvalue weighted by Gasteiger charge is -2.41. The summed E-state index contributed by atoms with van der Waals surface area (Å²) < 4.78 is 12.4. The van der Waals surface area contributed by atoms with Crippen molar-refractivity contribution in [3.8, 4) is 0 Å². The van der Waals surface area contributed by atoms with Crippen LogP contribution in [0.5, 0.6) is 0 Å². The highest BCUT2D eigenvalue weighted by Crippen LogP contribution is 2.39. The SMILES string of the molecule is C[C@H](O[Si](C)(C)C(C)(C)C)[C@H](CP(c1ccccc1)c1ccccc1)NC(=O)[C@@H](NC(=O)OC(C)(C)C)C(C)(C)C. The Labute approximate surface area is 251 Å². The van der Waals surface area contributed by atoms with Gasteiger partial charge in [0, 0.05) is 0 Å². The molecule has 228 valence electrons. The van der Waals surface area contributed by atoms with E-state index in [1.54, 1.807) is 0 Å². The molecule has 0 bridgehead atoms. The van der Waals surface area contributed by atoms with Gasteiger partial charge in [-0.05, 0) is 75.9 Å². The summed E-state index contributed by atoms with van der Waals surface area (Å²) in [6, 6.07) is 19.9. The Morgan fingerprint density at radius 3 is 1.66 bits per heavy atom. The van der Waals surface area contributed by atoms with Gasteiger partial charge in [-0.25, -0.2) is 4.79 Å². The van der Waals surface area contributed by atoms with Crippen molar-refractivity contribution >= 4 is 38.8 Å². The third-order valence-corrected chi connectivity index (χ3v) is 14.7. The lowest BCUT2D eigenvalue weighted by molar-refractivity contribution is -0.126. The second-order valence-corrected chi connectivity index (χ2v) is 21.4. The summed E-state index contributed by atoms with van der Waals surface area (Å²) in [5.41, 5.74) is -1.21. The van der Waals surface area contributed by atoms with Crippen LogP contribution in [0.4, 0.5) is 4.79 Å². The third-order valence-electron chi connectivity index (χ3n) is 7.49. The van der Waals surface area contributed by atoms with Gasteiger partial charge in [-0.15, -0.1) is 0 Å². The van der Waals surface area contributed by atoms with Crippen molar-refractivity contribution in [2.45, 2.75) is 111 Å². The molecule has 2 rings (SSSR count). The number of rotatable bonds is 10. The molecule has 0 aliphatic rings. The van der Waals surface area contributed by atoms with Crippen LogP contribution >= 0.6 is 7.92 Å². The van der Waals surface area contributed by atoms with Crippen LogP contribution in [0.2, 0.25) is 18.1 Å². The van der Waals surface area contributed by atoms with Crippen molar-refractivity contribution in [3.63, 3.8) is 0 Å². The van der Waals surface area contributed by atoms with Crippen LogP contribution in [-0.4, -0.2) is 50.3 Å². The maximum absolute atomic E-state index is 14.0. The Morgan fingerprint density at radius 2 is 1.27 bits per heavy atom. The Morgan fingerprint density at radius 1 is 0.805 bits per heavy atom. The van der Waals surface area contributed by atoms with Crippen LogP contribution in [0.3, 0.4) is 0 Å². The molecule has 3 atom stereocenters. The minimum absolute atomic E-state index is 0.0195. The van der Waals surface area contributed by atoms with E-state index in [2.05, 4.69) is 100.0 Å². The second kappa shape index (κ2) is 13.8. The summed E-state index contributed by atoms with van der Waals surface area (Å²) in [5.74, 6) is -0.241. The molecule has 2 aromatic rings. The minimum atomic E-state index is -2.14. The highest BCUT2D eigenvalue weighted by atomic mass is 31.1. The van der Waals surface area contributed by atoms with Crippen LogP contribution in [0.25, 0.3) is 0 Å². The predicted octanol–water partition coefficient (Wildman–Crippen LogP) is 6.95. The summed E-state index contributed by atoms with van der Waals surface area (Å²) in [6.45, 7) is 24.5. The van der Waals surface area contributed by atoms with Gasteiger partial charge >= 0.3 is 6.09 Å². The molecule has 0 fully saturated rings. The maximum Gasteiger partial charge on any atom is 0.408 e. The summed E-state index contributed by atoms with van der Waals surface area (Å²) in [4.78, 5) is 26.8. The van der Waals surface area contributed by atoms with Crippen molar-refractivity contribution in [2.24, 2.45) is 5.41 Å². The average Bonchev–Trinajstić information content (AvgIpc) is 2.83. The normalized spacial score (nSPS) is 15.1. The molecule has 2 aromatic carbocycles. The molecule has 0 radical (unpaired) electrons. The molecule has 0 spiro atoms. The van der Waals surface area contributed by atoms with Gasteiger partial charge in [0.05, 0.1) is 12.1 Å². The van der Waals surface area contributed by atoms with Crippen molar-refractivity contribution in [3.05, 3.63) is 60.7 Å². The van der Waals surface area contributed by atoms with E-state index < -0.39 is 39.4 Å². The van der Waals surface area contributed by atoms with Crippen molar-refractivity contribution in [1.29, 1.82) is 0 Å². The fourth-order valence-electron chi connectivity index (χ4n) is 4.17. The van der Waals surface area contributed by atoms with E-state index >= 15 is 0 Å². The van der Waals surface area contributed by atoms with E-state index in [9.17, 15) is 9.59 Å². The number of hydrogen-bond acceptors (Lipinski definition) is 4. The smallest absolute Gasteiger partial charge is 0.408 e. The standard InChI is InChI=1S/C33H53N2O4PSi/c1-24(39-41(11,12)33(8,9)10)27(23-40(25-19-15-13-16-20-25)26-21-17-14-18-22-26)34-29(36)28(31(2,3)4)35-30(37)38-32(5,6)7/h13-22,24,27-28H,23H2,1-12H3,(H,34,36)(H,35,37)/t24-,27-,28+/m0/s1. The zero-order valence-corrected chi connectivity index (χ0v) is 29.2. The molecule has 41 heavy (non-hydrogen) atoms. The Hall–Kier alpha value is -2.21. The minimum Gasteiger partial charge on any atom is -0.444 e. The van der Waals surface area contributed by atoms with Gasteiger partial charge in [-0.1, -0.05) is 102 Å². The highest BCUT2D eigenvalue weighted by Gasteiger charge is 2.42. The van der Waals surface area contributed by atoms with Gasteiger partial charge in [0.1, 0.15) is 11.6 Å². The molecule has 0 saturated heterocycles. The van der Waals surface area contributed by atoms with Gasteiger partial charge in [0.2, 0.25) is 5.91 Å². The third kappa shape index (κ3) is 10.8. The first kappa shape index (κ1) is 35.0. The Balaban J connectivity index is 2.48. The summed E-state index contributed by atoms with van der Waals surface area (Å²) in [7, 11) is -2.94. The first-order chi connectivity index (χ1) is 18.7. The topological polar surface area (TPSA) is 76.7 Å². The summed E-state index contributed by atoms with van der Waals surface area (Å²) >= 11 is 0. The number of hydrogen-bond donors (Lipinski definition) is 2. The van der Waals surface area contributed by atoms with E-state index in [4.69, 9.17) is 9.16 Å². The molecular formula is C33H53N2O4PSi. The summed E-state index contributed by atoms with van der Waals surface area (Å²) in [6.07, 6.45) is -0.140. The second-order valence-electron chi connectivity index (χ2n) is 14.4. The average molecular weight is 601 g/mol. The van der Waals surface area contributed by atoms with Crippen LogP contribution in [0, 0.1) is 5.41 Å². The number of carbonyl (C=O) groups is 2. The molecule has 0 aliphatic heterocycles. The molecule has 6 nitrogen and oxygen atoms in total. The first-order valence-electron chi connectivity index (χ1n) is 14.6.